The summed E-state index contributed by atoms with van der Waals surface area (Å²) in [5.41, 5.74) is 7.36. The fourth-order valence-electron chi connectivity index (χ4n) is 2.29. The lowest BCUT2D eigenvalue weighted by Gasteiger charge is -2.36. The van der Waals surface area contributed by atoms with Crippen LogP contribution in [0, 0.1) is 5.92 Å². The molecular weight excluding hydrogens is 268 g/mol. The monoisotopic (exact) mass is 284 g/mol. The number of nitrogens with two attached hydrogens (primary N) is 1. The summed E-state index contributed by atoms with van der Waals surface area (Å²) in [6.07, 6.45) is 0.627. The van der Waals surface area contributed by atoms with Gasteiger partial charge in [-0.05, 0) is 24.5 Å². The number of nitrogens with zero attached hydrogens (tertiary/aromatic N) is 1. The van der Waals surface area contributed by atoms with Crippen LogP contribution in [0.4, 0.5) is 5.69 Å². The van der Waals surface area contributed by atoms with E-state index in [1.807, 2.05) is 12.1 Å². The number of aliphatic hydroxyl groups is 1. The van der Waals surface area contributed by atoms with Crippen molar-refractivity contribution in [3.8, 4) is 0 Å². The summed E-state index contributed by atoms with van der Waals surface area (Å²) in [6.45, 7) is 3.54. The molecule has 18 heavy (non-hydrogen) atoms. The molecule has 1 fully saturated rings. The number of benzene rings is 1. The fraction of sp³-hybridized carbons (Fsp3) is 0.462. The number of rotatable bonds is 2. The molecule has 3 nitrogen and oxygen atoms in total. The number of β-amino-alcohol motifs (C(OH)–C–C–N with tert-alkyl or cyclic N) is 1. The van der Waals surface area contributed by atoms with E-state index < -0.39 is 0 Å². The minimum absolute atomic E-state index is 0.295. The number of aliphatic hydroxyl groups excluding tert-OH is 1. The van der Waals surface area contributed by atoms with Crippen LogP contribution < -0.4 is 10.6 Å². The quantitative estimate of drug-likeness (QED) is 0.818. The van der Waals surface area contributed by atoms with Gasteiger partial charge in [0.25, 0.3) is 0 Å². The molecule has 1 aliphatic heterocycles. The molecule has 1 saturated heterocycles. The Labute approximate surface area is 118 Å². The molecule has 0 saturated carbocycles. The first-order valence-electron chi connectivity index (χ1n) is 6.02. The van der Waals surface area contributed by atoms with Crippen LogP contribution in [-0.4, -0.2) is 29.3 Å². The normalized spacial score (nSPS) is 24.1. The topological polar surface area (TPSA) is 49.5 Å². The highest BCUT2D eigenvalue weighted by molar-refractivity contribution is 7.80. The maximum atomic E-state index is 9.97. The second-order valence-electron chi connectivity index (χ2n) is 4.78. The van der Waals surface area contributed by atoms with Gasteiger partial charge in [0.2, 0.25) is 0 Å². The second kappa shape index (κ2) is 5.43. The molecule has 0 radical (unpaired) electrons. The van der Waals surface area contributed by atoms with Gasteiger partial charge in [0.15, 0.2) is 0 Å². The van der Waals surface area contributed by atoms with E-state index in [1.54, 1.807) is 6.07 Å². The second-order valence-corrected chi connectivity index (χ2v) is 5.62. The van der Waals surface area contributed by atoms with E-state index in [9.17, 15) is 5.11 Å². The summed E-state index contributed by atoms with van der Waals surface area (Å²) in [5.74, 6) is 0.328. The maximum Gasteiger partial charge on any atom is 0.107 e. The summed E-state index contributed by atoms with van der Waals surface area (Å²) >= 11 is 11.2. The molecule has 0 aliphatic carbocycles. The Balaban J connectivity index is 2.34. The Bertz CT molecular complexity index is 466. The van der Waals surface area contributed by atoms with Crippen LogP contribution in [0.25, 0.3) is 0 Å². The Morgan fingerprint density at radius 3 is 2.89 bits per heavy atom. The molecule has 0 amide bonds. The van der Waals surface area contributed by atoms with Crippen molar-refractivity contribution in [2.45, 2.75) is 19.4 Å². The summed E-state index contributed by atoms with van der Waals surface area (Å²) in [5, 5.41) is 10.5. The highest BCUT2D eigenvalue weighted by atomic mass is 35.5. The Morgan fingerprint density at radius 1 is 1.56 bits per heavy atom. The molecule has 5 heteroatoms. The molecule has 1 aromatic carbocycles. The summed E-state index contributed by atoms with van der Waals surface area (Å²) in [6, 6.07) is 5.61. The van der Waals surface area contributed by atoms with Gasteiger partial charge in [-0.15, -0.1) is 0 Å². The van der Waals surface area contributed by atoms with Gasteiger partial charge in [0.1, 0.15) is 4.99 Å². The molecular formula is C13H17ClN2OS. The molecule has 1 heterocycles. The van der Waals surface area contributed by atoms with Crippen molar-refractivity contribution in [3.05, 3.63) is 28.8 Å². The van der Waals surface area contributed by atoms with Crippen molar-refractivity contribution in [2.24, 2.45) is 11.7 Å². The molecule has 0 spiro atoms. The Kier molecular flexibility index (Phi) is 4.10. The Hall–Kier alpha value is -0.840. The highest BCUT2D eigenvalue weighted by Gasteiger charge is 2.26. The molecule has 0 bridgehead atoms. The van der Waals surface area contributed by atoms with Crippen molar-refractivity contribution in [3.63, 3.8) is 0 Å². The maximum absolute atomic E-state index is 9.97. The number of hydrogen-bond acceptors (Lipinski definition) is 3. The predicted molar refractivity (Wildman–Crippen MR) is 79.3 cm³/mol. The zero-order valence-corrected chi connectivity index (χ0v) is 11.8. The van der Waals surface area contributed by atoms with E-state index >= 15 is 0 Å². The molecule has 2 rings (SSSR count). The van der Waals surface area contributed by atoms with E-state index in [1.165, 1.54) is 0 Å². The highest BCUT2D eigenvalue weighted by Crippen LogP contribution is 2.30. The number of hydrogen-bond donors (Lipinski definition) is 2. The fourth-order valence-corrected chi connectivity index (χ4v) is 2.83. The third kappa shape index (κ3) is 2.60. The minimum atomic E-state index is -0.322. The smallest absolute Gasteiger partial charge is 0.107 e. The number of anilines is 1. The van der Waals surface area contributed by atoms with Crippen molar-refractivity contribution in [1.29, 1.82) is 0 Å². The van der Waals surface area contributed by atoms with Gasteiger partial charge in [0.05, 0.1) is 16.7 Å². The summed E-state index contributed by atoms with van der Waals surface area (Å²) in [4.78, 5) is 2.40. The van der Waals surface area contributed by atoms with Crippen LogP contribution in [0.15, 0.2) is 18.2 Å². The van der Waals surface area contributed by atoms with Crippen LogP contribution in [-0.2, 0) is 0 Å². The number of piperidine rings is 1. The van der Waals surface area contributed by atoms with Gasteiger partial charge in [-0.2, -0.15) is 0 Å². The first-order chi connectivity index (χ1) is 8.50. The van der Waals surface area contributed by atoms with E-state index in [0.717, 1.165) is 18.7 Å². The van der Waals surface area contributed by atoms with Crippen LogP contribution >= 0.6 is 23.8 Å². The first-order valence-corrected chi connectivity index (χ1v) is 6.80. The van der Waals surface area contributed by atoms with E-state index in [4.69, 9.17) is 29.6 Å². The molecule has 1 aliphatic rings. The molecule has 2 atom stereocenters. The van der Waals surface area contributed by atoms with Crippen molar-refractivity contribution in [2.75, 3.05) is 18.0 Å². The minimum Gasteiger partial charge on any atom is -0.391 e. The zero-order valence-electron chi connectivity index (χ0n) is 10.3. The van der Waals surface area contributed by atoms with Crippen molar-refractivity contribution < 1.29 is 5.11 Å². The molecule has 3 N–H and O–H groups in total. The van der Waals surface area contributed by atoms with Gasteiger partial charge in [0, 0.05) is 18.8 Å². The standard InChI is InChI=1S/C13H17ClN2OS/c1-8-5-6-16(7-11(8)17)10-4-2-3-9(14)12(10)13(15)18/h2-4,8,11,17H,5-7H2,1H3,(H2,15,18). The van der Waals surface area contributed by atoms with Gasteiger partial charge < -0.3 is 15.7 Å². The van der Waals surface area contributed by atoms with E-state index in [-0.39, 0.29) is 6.10 Å². The largest absolute Gasteiger partial charge is 0.391 e. The van der Waals surface area contributed by atoms with Gasteiger partial charge >= 0.3 is 0 Å². The van der Waals surface area contributed by atoms with Crippen LogP contribution in [0.1, 0.15) is 18.9 Å². The molecule has 1 aromatic rings. The van der Waals surface area contributed by atoms with Crippen molar-refractivity contribution >= 4 is 34.5 Å². The lowest BCUT2D eigenvalue weighted by atomic mass is 9.95. The van der Waals surface area contributed by atoms with E-state index in [2.05, 4.69) is 11.8 Å². The van der Waals surface area contributed by atoms with Gasteiger partial charge in [-0.25, -0.2) is 0 Å². The van der Waals surface area contributed by atoms with Crippen molar-refractivity contribution in [1.82, 2.24) is 0 Å². The lowest BCUT2D eigenvalue weighted by molar-refractivity contribution is 0.103. The average Bonchev–Trinajstić information content (AvgIpc) is 2.32. The first kappa shape index (κ1) is 13.6. The average molecular weight is 285 g/mol. The molecule has 98 valence electrons. The van der Waals surface area contributed by atoms with Crippen LogP contribution in [0.5, 0.6) is 0 Å². The van der Waals surface area contributed by atoms with E-state index in [0.29, 0.717) is 28.0 Å². The number of thiocarbonyl (C=S) groups is 1. The molecule has 0 aromatic heterocycles. The SMILES string of the molecule is CC1CCN(c2cccc(Cl)c2C(N)=S)CC1O. The lowest BCUT2D eigenvalue weighted by Crippen LogP contribution is -2.43. The Morgan fingerprint density at radius 2 is 2.28 bits per heavy atom. The predicted octanol–water partition coefficient (Wildman–Crippen LogP) is 2.18. The summed E-state index contributed by atoms with van der Waals surface area (Å²) < 4.78 is 0. The van der Waals surface area contributed by atoms with Gasteiger partial charge in [-0.1, -0.05) is 36.8 Å². The molecule has 2 unspecified atom stereocenters. The third-order valence-corrected chi connectivity index (χ3v) is 4.02. The summed E-state index contributed by atoms with van der Waals surface area (Å²) in [7, 11) is 0. The zero-order chi connectivity index (χ0) is 13.3. The number of halogens is 1. The van der Waals surface area contributed by atoms with Gasteiger partial charge in [-0.3, -0.25) is 0 Å². The third-order valence-electron chi connectivity index (χ3n) is 3.50. The van der Waals surface area contributed by atoms with Crippen LogP contribution in [0.3, 0.4) is 0 Å². The van der Waals surface area contributed by atoms with Crippen LogP contribution in [0.2, 0.25) is 5.02 Å².